The van der Waals surface area contributed by atoms with Gasteiger partial charge < -0.3 is 15.0 Å². The standard InChI is InChI=1S/C15H23N3O2/c1-11(12-6-5-7-16-8-12)17-13-9-18(10-13)14(19)20-15(2,3)4/h5-8,11,13,17H,9-10H2,1-4H3/t11-/m1/s1. The Balaban J connectivity index is 1.76. The molecule has 0 unspecified atom stereocenters. The number of likely N-dealkylation sites (tertiary alicyclic amines) is 1. The number of amides is 1. The lowest BCUT2D eigenvalue weighted by Gasteiger charge is -2.41. The molecule has 20 heavy (non-hydrogen) atoms. The molecule has 1 aliphatic heterocycles. The van der Waals surface area contributed by atoms with Crippen LogP contribution in [0.4, 0.5) is 4.79 Å². The molecule has 0 bridgehead atoms. The Labute approximate surface area is 120 Å². The molecule has 0 spiro atoms. The van der Waals surface area contributed by atoms with Crippen molar-refractivity contribution in [1.82, 2.24) is 15.2 Å². The predicted molar refractivity (Wildman–Crippen MR) is 77.4 cm³/mol. The third-order valence-corrected chi connectivity index (χ3v) is 3.20. The van der Waals surface area contributed by atoms with E-state index in [1.807, 2.05) is 33.0 Å². The lowest BCUT2D eigenvalue weighted by atomic mass is 10.1. The highest BCUT2D eigenvalue weighted by Crippen LogP contribution is 2.18. The zero-order valence-electron chi connectivity index (χ0n) is 12.6. The van der Waals surface area contributed by atoms with Gasteiger partial charge in [0.05, 0.1) is 0 Å². The number of ether oxygens (including phenoxy) is 1. The van der Waals surface area contributed by atoms with Crippen LogP contribution in [0.25, 0.3) is 0 Å². The minimum Gasteiger partial charge on any atom is -0.444 e. The maximum atomic E-state index is 11.8. The summed E-state index contributed by atoms with van der Waals surface area (Å²) in [6.45, 7) is 9.13. The molecule has 0 radical (unpaired) electrons. The lowest BCUT2D eigenvalue weighted by molar-refractivity contribution is 0.00433. The van der Waals surface area contributed by atoms with Crippen molar-refractivity contribution in [3.63, 3.8) is 0 Å². The molecule has 1 N–H and O–H groups in total. The van der Waals surface area contributed by atoms with Gasteiger partial charge >= 0.3 is 6.09 Å². The first-order valence-electron chi connectivity index (χ1n) is 6.99. The van der Waals surface area contributed by atoms with E-state index >= 15 is 0 Å². The molecule has 1 saturated heterocycles. The SMILES string of the molecule is C[C@@H](NC1CN(C(=O)OC(C)(C)C)C1)c1cccnc1. The fourth-order valence-electron chi connectivity index (χ4n) is 2.14. The summed E-state index contributed by atoms with van der Waals surface area (Å²) in [5, 5.41) is 3.49. The zero-order chi connectivity index (χ0) is 14.8. The molecule has 1 fully saturated rings. The first-order chi connectivity index (χ1) is 9.35. The quantitative estimate of drug-likeness (QED) is 0.921. The zero-order valence-corrected chi connectivity index (χ0v) is 12.6. The summed E-state index contributed by atoms with van der Waals surface area (Å²) >= 11 is 0. The second-order valence-corrected chi connectivity index (χ2v) is 6.26. The summed E-state index contributed by atoms with van der Waals surface area (Å²) in [6.07, 6.45) is 3.40. The summed E-state index contributed by atoms with van der Waals surface area (Å²) in [7, 11) is 0. The number of carbonyl (C=O) groups is 1. The molecule has 1 atom stereocenters. The highest BCUT2D eigenvalue weighted by Gasteiger charge is 2.34. The first-order valence-corrected chi connectivity index (χ1v) is 6.99. The molecule has 110 valence electrons. The molecule has 1 amide bonds. The molecule has 1 aromatic rings. The van der Waals surface area contributed by atoms with Gasteiger partial charge in [0.2, 0.25) is 0 Å². The number of aromatic nitrogens is 1. The summed E-state index contributed by atoms with van der Waals surface area (Å²) in [6, 6.07) is 4.53. The number of hydrogen-bond acceptors (Lipinski definition) is 4. The van der Waals surface area contributed by atoms with E-state index in [1.54, 1.807) is 11.1 Å². The first kappa shape index (κ1) is 14.8. The van der Waals surface area contributed by atoms with E-state index in [0.717, 1.165) is 5.56 Å². The Morgan fingerprint density at radius 2 is 2.20 bits per heavy atom. The smallest absolute Gasteiger partial charge is 0.410 e. The van der Waals surface area contributed by atoms with Gasteiger partial charge in [0.25, 0.3) is 0 Å². The van der Waals surface area contributed by atoms with Gasteiger partial charge in [0.1, 0.15) is 5.60 Å². The van der Waals surface area contributed by atoms with Gasteiger partial charge in [-0.05, 0) is 39.3 Å². The Hall–Kier alpha value is -1.62. The fraction of sp³-hybridized carbons (Fsp3) is 0.600. The van der Waals surface area contributed by atoms with E-state index in [0.29, 0.717) is 19.1 Å². The van der Waals surface area contributed by atoms with Crippen LogP contribution in [0.5, 0.6) is 0 Å². The van der Waals surface area contributed by atoms with Crippen molar-refractivity contribution in [3.05, 3.63) is 30.1 Å². The van der Waals surface area contributed by atoms with E-state index in [4.69, 9.17) is 4.74 Å². The van der Waals surface area contributed by atoms with Crippen LogP contribution in [-0.2, 0) is 4.74 Å². The molecule has 2 heterocycles. The van der Waals surface area contributed by atoms with Gasteiger partial charge in [0, 0.05) is 37.6 Å². The fourth-order valence-corrected chi connectivity index (χ4v) is 2.14. The van der Waals surface area contributed by atoms with E-state index < -0.39 is 5.60 Å². The van der Waals surface area contributed by atoms with Crippen LogP contribution in [0.2, 0.25) is 0 Å². The van der Waals surface area contributed by atoms with Crippen LogP contribution in [0.3, 0.4) is 0 Å². The normalized spacial score (nSPS) is 17.5. The number of carbonyl (C=O) groups excluding carboxylic acids is 1. The van der Waals surface area contributed by atoms with Crippen molar-refractivity contribution in [2.24, 2.45) is 0 Å². The average Bonchev–Trinajstić information content (AvgIpc) is 2.31. The second kappa shape index (κ2) is 5.79. The highest BCUT2D eigenvalue weighted by molar-refractivity contribution is 5.69. The van der Waals surface area contributed by atoms with Gasteiger partial charge in [-0.3, -0.25) is 4.98 Å². The van der Waals surface area contributed by atoms with Crippen molar-refractivity contribution in [2.45, 2.75) is 45.4 Å². The second-order valence-electron chi connectivity index (χ2n) is 6.26. The van der Waals surface area contributed by atoms with Crippen molar-refractivity contribution in [2.75, 3.05) is 13.1 Å². The minimum absolute atomic E-state index is 0.231. The molecule has 0 aliphatic carbocycles. The molecule has 0 aromatic carbocycles. The van der Waals surface area contributed by atoms with Crippen LogP contribution in [-0.4, -0.2) is 40.7 Å². The molecule has 1 aromatic heterocycles. The monoisotopic (exact) mass is 277 g/mol. The molecule has 1 aliphatic rings. The Morgan fingerprint density at radius 3 is 2.75 bits per heavy atom. The van der Waals surface area contributed by atoms with Gasteiger partial charge in [-0.15, -0.1) is 0 Å². The van der Waals surface area contributed by atoms with Crippen molar-refractivity contribution in [1.29, 1.82) is 0 Å². The van der Waals surface area contributed by atoms with Gasteiger partial charge in [-0.1, -0.05) is 6.07 Å². The maximum Gasteiger partial charge on any atom is 0.410 e. The highest BCUT2D eigenvalue weighted by atomic mass is 16.6. The van der Waals surface area contributed by atoms with Gasteiger partial charge in [-0.25, -0.2) is 4.79 Å². The molecular formula is C15H23N3O2. The van der Waals surface area contributed by atoms with Crippen LogP contribution in [0.15, 0.2) is 24.5 Å². The van der Waals surface area contributed by atoms with Crippen molar-refractivity contribution >= 4 is 6.09 Å². The summed E-state index contributed by atoms with van der Waals surface area (Å²) < 4.78 is 5.33. The lowest BCUT2D eigenvalue weighted by Crippen LogP contribution is -2.60. The van der Waals surface area contributed by atoms with E-state index in [9.17, 15) is 4.79 Å². The number of pyridine rings is 1. The van der Waals surface area contributed by atoms with Gasteiger partial charge in [-0.2, -0.15) is 0 Å². The third-order valence-electron chi connectivity index (χ3n) is 3.20. The number of nitrogens with zero attached hydrogens (tertiary/aromatic N) is 2. The molecule has 2 rings (SSSR count). The summed E-state index contributed by atoms with van der Waals surface area (Å²) in [5.74, 6) is 0. The number of hydrogen-bond donors (Lipinski definition) is 1. The van der Waals surface area contributed by atoms with Crippen LogP contribution < -0.4 is 5.32 Å². The predicted octanol–water partition coefficient (Wildman–Crippen LogP) is 2.35. The summed E-state index contributed by atoms with van der Waals surface area (Å²) in [4.78, 5) is 17.6. The van der Waals surface area contributed by atoms with Crippen molar-refractivity contribution < 1.29 is 9.53 Å². The van der Waals surface area contributed by atoms with Crippen molar-refractivity contribution in [3.8, 4) is 0 Å². The molecule has 5 nitrogen and oxygen atoms in total. The summed E-state index contributed by atoms with van der Waals surface area (Å²) in [5.41, 5.74) is 0.724. The maximum absolute atomic E-state index is 11.8. The molecule has 0 saturated carbocycles. The molecular weight excluding hydrogens is 254 g/mol. The average molecular weight is 277 g/mol. The Kier molecular flexibility index (Phi) is 4.28. The van der Waals surface area contributed by atoms with E-state index in [-0.39, 0.29) is 12.1 Å². The number of rotatable bonds is 3. The van der Waals surface area contributed by atoms with E-state index in [2.05, 4.69) is 23.3 Å². The van der Waals surface area contributed by atoms with Crippen LogP contribution >= 0.6 is 0 Å². The Morgan fingerprint density at radius 1 is 1.50 bits per heavy atom. The number of nitrogens with one attached hydrogen (secondary N) is 1. The van der Waals surface area contributed by atoms with E-state index in [1.165, 1.54) is 0 Å². The van der Waals surface area contributed by atoms with Gasteiger partial charge in [0.15, 0.2) is 0 Å². The Bertz CT molecular complexity index is 450. The largest absolute Gasteiger partial charge is 0.444 e. The topological polar surface area (TPSA) is 54.5 Å². The third kappa shape index (κ3) is 3.93. The minimum atomic E-state index is -0.432. The van der Waals surface area contributed by atoms with Crippen LogP contribution in [0, 0.1) is 0 Å². The molecule has 5 heteroatoms. The van der Waals surface area contributed by atoms with Crippen LogP contribution in [0.1, 0.15) is 39.3 Å².